The van der Waals surface area contributed by atoms with Crippen molar-refractivity contribution in [2.45, 2.75) is 12.6 Å². The van der Waals surface area contributed by atoms with Gasteiger partial charge in [-0.15, -0.1) is 0 Å². The molecule has 1 heterocycles. The van der Waals surface area contributed by atoms with Crippen molar-refractivity contribution >= 4 is 29.2 Å². The molecular weight excluding hydrogens is 407 g/mol. The molecular formula is C20H19ClF3N3O2. The van der Waals surface area contributed by atoms with E-state index in [0.717, 1.165) is 12.1 Å². The molecule has 0 saturated carbocycles. The van der Waals surface area contributed by atoms with Crippen LogP contribution in [-0.2, 0) is 6.18 Å². The first-order chi connectivity index (χ1) is 13.7. The van der Waals surface area contributed by atoms with Gasteiger partial charge in [0.15, 0.2) is 0 Å². The summed E-state index contributed by atoms with van der Waals surface area (Å²) < 4.78 is 37.9. The molecule has 9 heteroatoms. The predicted octanol–water partition coefficient (Wildman–Crippen LogP) is 4.74. The maximum Gasteiger partial charge on any atom is 0.416 e. The fourth-order valence-corrected chi connectivity index (χ4v) is 3.17. The van der Waals surface area contributed by atoms with E-state index in [1.807, 2.05) is 0 Å². The maximum atomic E-state index is 12.6. The van der Waals surface area contributed by atoms with Crippen LogP contribution in [0.2, 0.25) is 5.02 Å². The summed E-state index contributed by atoms with van der Waals surface area (Å²) in [7, 11) is 0. The van der Waals surface area contributed by atoms with E-state index in [0.29, 0.717) is 43.2 Å². The normalized spacial score (nSPS) is 15.0. The van der Waals surface area contributed by atoms with Gasteiger partial charge in [-0.05, 0) is 55.0 Å². The van der Waals surface area contributed by atoms with Crippen molar-refractivity contribution in [3.8, 4) is 0 Å². The lowest BCUT2D eigenvalue weighted by Crippen LogP contribution is -2.39. The predicted molar refractivity (Wildman–Crippen MR) is 104 cm³/mol. The van der Waals surface area contributed by atoms with Gasteiger partial charge >= 0.3 is 12.2 Å². The molecule has 0 atom stereocenters. The monoisotopic (exact) mass is 425 g/mol. The number of carbonyl (C=O) groups excluding carboxylic acids is 2. The lowest BCUT2D eigenvalue weighted by Gasteiger charge is -2.22. The van der Waals surface area contributed by atoms with E-state index >= 15 is 0 Å². The number of hydrogen-bond acceptors (Lipinski definition) is 2. The first-order valence-corrected chi connectivity index (χ1v) is 9.40. The number of halogens is 4. The van der Waals surface area contributed by atoms with Crippen LogP contribution in [0.5, 0.6) is 0 Å². The van der Waals surface area contributed by atoms with Crippen LogP contribution in [0, 0.1) is 0 Å². The first-order valence-electron chi connectivity index (χ1n) is 9.02. The van der Waals surface area contributed by atoms with Gasteiger partial charge in [0, 0.05) is 42.5 Å². The summed E-state index contributed by atoms with van der Waals surface area (Å²) in [4.78, 5) is 28.3. The van der Waals surface area contributed by atoms with E-state index in [4.69, 9.17) is 11.6 Å². The van der Waals surface area contributed by atoms with Gasteiger partial charge in [0.05, 0.1) is 5.56 Å². The molecule has 3 amide bonds. The van der Waals surface area contributed by atoms with Gasteiger partial charge in [0.25, 0.3) is 5.91 Å². The van der Waals surface area contributed by atoms with Crippen molar-refractivity contribution in [3.63, 3.8) is 0 Å². The quantitative estimate of drug-likeness (QED) is 0.755. The third-order valence-corrected chi connectivity index (χ3v) is 4.88. The number of amides is 3. The van der Waals surface area contributed by atoms with Crippen LogP contribution in [0.4, 0.5) is 23.7 Å². The summed E-state index contributed by atoms with van der Waals surface area (Å²) in [5, 5.41) is 3.15. The van der Waals surface area contributed by atoms with Crippen LogP contribution < -0.4 is 5.32 Å². The third-order valence-electron chi connectivity index (χ3n) is 4.62. The molecule has 29 heavy (non-hydrogen) atoms. The Hall–Kier alpha value is -2.74. The molecule has 1 aliphatic heterocycles. The number of rotatable bonds is 2. The summed E-state index contributed by atoms with van der Waals surface area (Å²) in [5.41, 5.74) is 0.0278. The minimum absolute atomic E-state index is 0.133. The van der Waals surface area contributed by atoms with Crippen molar-refractivity contribution in [2.75, 3.05) is 31.5 Å². The summed E-state index contributed by atoms with van der Waals surface area (Å²) in [6.45, 7) is 1.63. The number of nitrogens with zero attached hydrogens (tertiary/aromatic N) is 2. The van der Waals surface area contributed by atoms with Crippen LogP contribution in [-0.4, -0.2) is 47.9 Å². The molecule has 0 radical (unpaired) electrons. The fourth-order valence-electron chi connectivity index (χ4n) is 3.04. The molecule has 3 rings (SSSR count). The second-order valence-electron chi connectivity index (χ2n) is 6.64. The molecule has 1 fully saturated rings. The van der Waals surface area contributed by atoms with E-state index in [1.54, 1.807) is 34.1 Å². The summed E-state index contributed by atoms with van der Waals surface area (Å²) >= 11 is 5.85. The highest BCUT2D eigenvalue weighted by molar-refractivity contribution is 6.30. The van der Waals surface area contributed by atoms with Crippen LogP contribution in [0.25, 0.3) is 0 Å². The number of hydrogen-bond donors (Lipinski definition) is 1. The molecule has 0 aliphatic carbocycles. The van der Waals surface area contributed by atoms with Gasteiger partial charge in [0.2, 0.25) is 0 Å². The highest BCUT2D eigenvalue weighted by Gasteiger charge is 2.30. The highest BCUT2D eigenvalue weighted by atomic mass is 35.5. The number of benzene rings is 2. The Morgan fingerprint density at radius 3 is 2.07 bits per heavy atom. The molecule has 1 aliphatic rings. The second kappa shape index (κ2) is 8.73. The van der Waals surface area contributed by atoms with Gasteiger partial charge in [-0.3, -0.25) is 4.79 Å². The lowest BCUT2D eigenvalue weighted by molar-refractivity contribution is -0.137. The zero-order chi connectivity index (χ0) is 21.0. The molecule has 2 aromatic carbocycles. The SMILES string of the molecule is O=C(Nc1ccc(C(F)(F)F)cc1)N1CCCN(C(=O)c2ccc(Cl)cc2)CC1. The van der Waals surface area contributed by atoms with Crippen molar-refractivity contribution in [1.29, 1.82) is 0 Å². The maximum absolute atomic E-state index is 12.6. The zero-order valence-corrected chi connectivity index (χ0v) is 16.1. The van der Waals surface area contributed by atoms with E-state index in [-0.39, 0.29) is 11.6 Å². The zero-order valence-electron chi connectivity index (χ0n) is 15.4. The minimum Gasteiger partial charge on any atom is -0.337 e. The Balaban J connectivity index is 1.58. The van der Waals surface area contributed by atoms with E-state index in [1.165, 1.54) is 12.1 Å². The average molecular weight is 426 g/mol. The highest BCUT2D eigenvalue weighted by Crippen LogP contribution is 2.29. The van der Waals surface area contributed by atoms with E-state index in [9.17, 15) is 22.8 Å². The molecule has 5 nitrogen and oxygen atoms in total. The summed E-state index contributed by atoms with van der Waals surface area (Å²) in [5.74, 6) is -0.133. The summed E-state index contributed by atoms with van der Waals surface area (Å²) in [6, 6.07) is 10.5. The van der Waals surface area contributed by atoms with Crippen LogP contribution in [0.3, 0.4) is 0 Å². The van der Waals surface area contributed by atoms with Crippen molar-refractivity contribution in [2.24, 2.45) is 0 Å². The number of carbonyl (C=O) groups is 2. The van der Waals surface area contributed by atoms with Crippen LogP contribution >= 0.6 is 11.6 Å². The molecule has 0 aromatic heterocycles. The Morgan fingerprint density at radius 2 is 1.45 bits per heavy atom. The van der Waals surface area contributed by atoms with Crippen molar-refractivity contribution < 1.29 is 22.8 Å². The number of alkyl halides is 3. The Bertz CT molecular complexity index is 870. The third kappa shape index (κ3) is 5.41. The molecule has 1 N–H and O–H groups in total. The molecule has 0 bridgehead atoms. The van der Waals surface area contributed by atoms with E-state index < -0.39 is 17.8 Å². The van der Waals surface area contributed by atoms with E-state index in [2.05, 4.69) is 5.32 Å². The number of urea groups is 1. The van der Waals surface area contributed by atoms with Crippen LogP contribution in [0.1, 0.15) is 22.3 Å². The van der Waals surface area contributed by atoms with Gasteiger partial charge < -0.3 is 15.1 Å². The Morgan fingerprint density at radius 1 is 0.862 bits per heavy atom. The molecule has 0 unspecified atom stereocenters. The standard InChI is InChI=1S/C20H19ClF3N3O2/c21-16-6-2-14(3-7-16)18(28)26-10-1-11-27(13-12-26)19(29)25-17-8-4-15(5-9-17)20(22,23)24/h2-9H,1,10-13H2,(H,25,29). The Kier molecular flexibility index (Phi) is 6.32. The topological polar surface area (TPSA) is 52.7 Å². The van der Waals surface area contributed by atoms with Crippen LogP contribution in [0.15, 0.2) is 48.5 Å². The number of anilines is 1. The average Bonchev–Trinajstić information content (AvgIpc) is 2.94. The largest absolute Gasteiger partial charge is 0.416 e. The first kappa shape index (κ1) is 21.0. The Labute approximate surface area is 171 Å². The van der Waals surface area contributed by atoms with Gasteiger partial charge in [0.1, 0.15) is 0 Å². The minimum atomic E-state index is -4.42. The fraction of sp³-hybridized carbons (Fsp3) is 0.300. The smallest absolute Gasteiger partial charge is 0.337 e. The van der Waals surface area contributed by atoms with Crippen molar-refractivity contribution in [3.05, 3.63) is 64.7 Å². The lowest BCUT2D eigenvalue weighted by atomic mass is 10.2. The van der Waals surface area contributed by atoms with Gasteiger partial charge in [-0.1, -0.05) is 11.6 Å². The molecule has 0 spiro atoms. The molecule has 1 saturated heterocycles. The summed E-state index contributed by atoms with van der Waals surface area (Å²) in [6.07, 6.45) is -3.83. The van der Waals surface area contributed by atoms with Gasteiger partial charge in [-0.2, -0.15) is 13.2 Å². The molecule has 2 aromatic rings. The molecule has 154 valence electrons. The second-order valence-corrected chi connectivity index (χ2v) is 7.08. The number of nitrogens with one attached hydrogen (secondary N) is 1. The van der Waals surface area contributed by atoms with Crippen molar-refractivity contribution in [1.82, 2.24) is 9.80 Å². The van der Waals surface area contributed by atoms with Gasteiger partial charge in [-0.25, -0.2) is 4.79 Å².